The van der Waals surface area contributed by atoms with Gasteiger partial charge in [0.05, 0.1) is 13.7 Å². The predicted molar refractivity (Wildman–Crippen MR) is 56.1 cm³/mol. The lowest BCUT2D eigenvalue weighted by molar-refractivity contribution is 0.0866. The lowest BCUT2D eigenvalue weighted by atomic mass is 10.2. The van der Waals surface area contributed by atoms with Crippen molar-refractivity contribution in [2.75, 3.05) is 13.7 Å². The first-order valence-electron chi connectivity index (χ1n) is 4.84. The molecule has 0 bridgehead atoms. The van der Waals surface area contributed by atoms with Crippen molar-refractivity contribution in [3.05, 3.63) is 29.8 Å². The zero-order valence-electron chi connectivity index (χ0n) is 8.75. The summed E-state index contributed by atoms with van der Waals surface area (Å²) in [5.41, 5.74) is 3.95. The SMILES string of the molecule is CCCOc1cccc(CNOC)c1. The Balaban J connectivity index is 2.50. The maximum Gasteiger partial charge on any atom is 0.119 e. The molecule has 0 aliphatic heterocycles. The predicted octanol–water partition coefficient (Wildman–Crippen LogP) is 2.13. The van der Waals surface area contributed by atoms with Gasteiger partial charge in [0.15, 0.2) is 0 Å². The Morgan fingerprint density at radius 3 is 2.93 bits per heavy atom. The highest BCUT2D eigenvalue weighted by molar-refractivity contribution is 5.28. The van der Waals surface area contributed by atoms with Crippen LogP contribution in [0.5, 0.6) is 5.75 Å². The molecule has 1 rings (SSSR count). The Morgan fingerprint density at radius 2 is 2.21 bits per heavy atom. The average molecular weight is 195 g/mol. The molecular formula is C11H17NO2. The molecule has 0 atom stereocenters. The van der Waals surface area contributed by atoms with E-state index in [9.17, 15) is 0 Å². The summed E-state index contributed by atoms with van der Waals surface area (Å²) in [5, 5.41) is 0. The average Bonchev–Trinajstić information content (AvgIpc) is 2.24. The molecule has 1 aromatic rings. The molecule has 78 valence electrons. The van der Waals surface area contributed by atoms with Gasteiger partial charge in [-0.1, -0.05) is 19.1 Å². The fourth-order valence-corrected chi connectivity index (χ4v) is 1.12. The van der Waals surface area contributed by atoms with Crippen LogP contribution >= 0.6 is 0 Å². The van der Waals surface area contributed by atoms with Crippen LogP contribution in [0.25, 0.3) is 0 Å². The van der Waals surface area contributed by atoms with Crippen molar-refractivity contribution in [3.8, 4) is 5.75 Å². The molecule has 0 aliphatic carbocycles. The molecule has 0 fully saturated rings. The number of hydroxylamine groups is 1. The molecule has 0 aromatic heterocycles. The Bertz CT molecular complexity index is 240. The third-order valence-corrected chi connectivity index (χ3v) is 1.79. The summed E-state index contributed by atoms with van der Waals surface area (Å²) in [6.07, 6.45) is 1.03. The lowest BCUT2D eigenvalue weighted by Gasteiger charge is -2.06. The van der Waals surface area contributed by atoms with E-state index >= 15 is 0 Å². The van der Waals surface area contributed by atoms with Gasteiger partial charge in [-0.05, 0) is 24.1 Å². The molecule has 3 nitrogen and oxygen atoms in total. The van der Waals surface area contributed by atoms with Crippen LogP contribution in [0, 0.1) is 0 Å². The summed E-state index contributed by atoms with van der Waals surface area (Å²) in [6.45, 7) is 3.55. The molecule has 0 saturated carbocycles. The summed E-state index contributed by atoms with van der Waals surface area (Å²) < 4.78 is 5.51. The number of hydrogen-bond donors (Lipinski definition) is 1. The zero-order chi connectivity index (χ0) is 10.2. The standard InChI is InChI=1S/C11H17NO2/c1-3-7-14-11-6-4-5-10(8-11)9-12-13-2/h4-6,8,12H,3,7,9H2,1-2H3. The van der Waals surface area contributed by atoms with Crippen LogP contribution < -0.4 is 10.2 Å². The topological polar surface area (TPSA) is 30.5 Å². The van der Waals surface area contributed by atoms with Gasteiger partial charge in [-0.15, -0.1) is 0 Å². The number of ether oxygens (including phenoxy) is 1. The molecule has 0 aliphatic rings. The fraction of sp³-hybridized carbons (Fsp3) is 0.455. The minimum Gasteiger partial charge on any atom is -0.494 e. The smallest absolute Gasteiger partial charge is 0.119 e. The highest BCUT2D eigenvalue weighted by atomic mass is 16.6. The Hall–Kier alpha value is -1.06. The van der Waals surface area contributed by atoms with Gasteiger partial charge >= 0.3 is 0 Å². The van der Waals surface area contributed by atoms with Gasteiger partial charge in [-0.25, -0.2) is 0 Å². The van der Waals surface area contributed by atoms with Crippen molar-refractivity contribution in [1.29, 1.82) is 0 Å². The van der Waals surface area contributed by atoms with Crippen LogP contribution in [-0.4, -0.2) is 13.7 Å². The molecular weight excluding hydrogens is 178 g/mol. The van der Waals surface area contributed by atoms with Crippen LogP contribution in [0.2, 0.25) is 0 Å². The van der Waals surface area contributed by atoms with E-state index in [0.29, 0.717) is 6.54 Å². The summed E-state index contributed by atoms with van der Waals surface area (Å²) in [6, 6.07) is 8.00. The molecule has 3 heteroatoms. The zero-order valence-corrected chi connectivity index (χ0v) is 8.75. The second-order valence-corrected chi connectivity index (χ2v) is 3.02. The minimum atomic E-state index is 0.694. The van der Waals surface area contributed by atoms with E-state index in [-0.39, 0.29) is 0 Å². The van der Waals surface area contributed by atoms with Gasteiger partial charge in [0.25, 0.3) is 0 Å². The van der Waals surface area contributed by atoms with Crippen molar-refractivity contribution >= 4 is 0 Å². The van der Waals surface area contributed by atoms with Gasteiger partial charge in [-0.2, -0.15) is 5.48 Å². The maximum atomic E-state index is 5.51. The number of nitrogens with one attached hydrogen (secondary N) is 1. The van der Waals surface area contributed by atoms with Gasteiger partial charge < -0.3 is 9.57 Å². The summed E-state index contributed by atoms with van der Waals surface area (Å²) in [5.74, 6) is 0.919. The molecule has 0 amide bonds. The molecule has 0 heterocycles. The van der Waals surface area contributed by atoms with Crippen molar-refractivity contribution < 1.29 is 9.57 Å². The number of benzene rings is 1. The van der Waals surface area contributed by atoms with Crippen LogP contribution in [-0.2, 0) is 11.4 Å². The minimum absolute atomic E-state index is 0.694. The first kappa shape index (κ1) is 11.0. The summed E-state index contributed by atoms with van der Waals surface area (Å²) in [7, 11) is 1.61. The maximum absolute atomic E-state index is 5.51. The monoisotopic (exact) mass is 195 g/mol. The van der Waals surface area contributed by atoms with E-state index in [2.05, 4.69) is 12.4 Å². The molecule has 1 aromatic carbocycles. The van der Waals surface area contributed by atoms with E-state index in [1.807, 2.05) is 24.3 Å². The van der Waals surface area contributed by atoms with Gasteiger partial charge in [0, 0.05) is 6.54 Å². The van der Waals surface area contributed by atoms with Crippen LogP contribution in [0.3, 0.4) is 0 Å². The Labute approximate surface area is 85.0 Å². The Morgan fingerprint density at radius 1 is 1.36 bits per heavy atom. The lowest BCUT2D eigenvalue weighted by Crippen LogP contribution is -2.10. The van der Waals surface area contributed by atoms with Crippen LogP contribution in [0.1, 0.15) is 18.9 Å². The second kappa shape index (κ2) is 6.40. The molecule has 0 spiro atoms. The highest BCUT2D eigenvalue weighted by Crippen LogP contribution is 2.13. The normalized spacial score (nSPS) is 10.1. The van der Waals surface area contributed by atoms with E-state index in [1.54, 1.807) is 7.11 Å². The van der Waals surface area contributed by atoms with Crippen molar-refractivity contribution in [1.82, 2.24) is 5.48 Å². The van der Waals surface area contributed by atoms with E-state index in [0.717, 1.165) is 24.3 Å². The van der Waals surface area contributed by atoms with Crippen molar-refractivity contribution in [2.24, 2.45) is 0 Å². The summed E-state index contributed by atoms with van der Waals surface area (Å²) in [4.78, 5) is 4.78. The second-order valence-electron chi connectivity index (χ2n) is 3.02. The van der Waals surface area contributed by atoms with E-state index in [1.165, 1.54) is 0 Å². The van der Waals surface area contributed by atoms with Crippen molar-refractivity contribution in [2.45, 2.75) is 19.9 Å². The molecule has 0 unspecified atom stereocenters. The number of rotatable bonds is 6. The molecule has 14 heavy (non-hydrogen) atoms. The van der Waals surface area contributed by atoms with Gasteiger partial charge in [0.1, 0.15) is 5.75 Å². The third-order valence-electron chi connectivity index (χ3n) is 1.79. The Kier molecular flexibility index (Phi) is 5.04. The van der Waals surface area contributed by atoms with Gasteiger partial charge in [0.2, 0.25) is 0 Å². The molecule has 0 radical (unpaired) electrons. The number of hydrogen-bond acceptors (Lipinski definition) is 3. The van der Waals surface area contributed by atoms with E-state index in [4.69, 9.17) is 9.57 Å². The summed E-state index contributed by atoms with van der Waals surface area (Å²) >= 11 is 0. The fourth-order valence-electron chi connectivity index (χ4n) is 1.12. The van der Waals surface area contributed by atoms with Crippen LogP contribution in [0.15, 0.2) is 24.3 Å². The molecule has 0 saturated heterocycles. The molecule has 1 N–H and O–H groups in total. The largest absolute Gasteiger partial charge is 0.494 e. The highest BCUT2D eigenvalue weighted by Gasteiger charge is 1.95. The third kappa shape index (κ3) is 3.77. The van der Waals surface area contributed by atoms with E-state index < -0.39 is 0 Å². The first-order chi connectivity index (χ1) is 6.86. The first-order valence-corrected chi connectivity index (χ1v) is 4.84. The quantitative estimate of drug-likeness (QED) is 0.705. The van der Waals surface area contributed by atoms with Gasteiger partial charge in [-0.3, -0.25) is 0 Å². The van der Waals surface area contributed by atoms with Crippen molar-refractivity contribution in [3.63, 3.8) is 0 Å². The van der Waals surface area contributed by atoms with Crippen LogP contribution in [0.4, 0.5) is 0 Å².